The SMILES string of the molecule is C[C@]12CC[C@H](O)C[C@H]1C[C@@H]1OC13C2[C@H](O)C(=O)[C@]1(C)[C@@H](C2=CC(=O)OC2)CC[C@]31O. The summed E-state index contributed by atoms with van der Waals surface area (Å²) in [5.74, 6) is -1.44. The van der Waals surface area contributed by atoms with E-state index in [4.69, 9.17) is 9.47 Å². The molecule has 7 heteroatoms. The highest BCUT2D eigenvalue weighted by Crippen LogP contribution is 2.76. The van der Waals surface area contributed by atoms with Gasteiger partial charge in [-0.05, 0) is 68.3 Å². The predicted octanol–water partition coefficient (Wildman–Crippen LogP) is 0.885. The van der Waals surface area contributed by atoms with E-state index in [1.807, 2.05) is 0 Å². The zero-order chi connectivity index (χ0) is 21.3. The molecule has 5 fully saturated rings. The summed E-state index contributed by atoms with van der Waals surface area (Å²) in [5.41, 5.74) is -3.21. The van der Waals surface area contributed by atoms with Crippen LogP contribution < -0.4 is 0 Å². The van der Waals surface area contributed by atoms with E-state index in [9.17, 15) is 24.9 Å². The van der Waals surface area contributed by atoms with E-state index in [0.29, 0.717) is 32.1 Å². The van der Waals surface area contributed by atoms with Crippen molar-refractivity contribution in [1.29, 1.82) is 0 Å². The molecule has 0 aromatic carbocycles. The molecule has 7 nitrogen and oxygen atoms in total. The summed E-state index contributed by atoms with van der Waals surface area (Å²) in [6, 6.07) is 0. The zero-order valence-corrected chi connectivity index (χ0v) is 17.5. The molecule has 1 spiro atoms. The van der Waals surface area contributed by atoms with Crippen molar-refractivity contribution >= 4 is 11.8 Å². The first-order valence-corrected chi connectivity index (χ1v) is 11.3. The number of epoxide rings is 1. The average molecular weight is 418 g/mol. The van der Waals surface area contributed by atoms with Crippen molar-refractivity contribution in [1.82, 2.24) is 0 Å². The van der Waals surface area contributed by atoms with Crippen LogP contribution in [0.2, 0.25) is 0 Å². The molecular formula is C23H30O7. The van der Waals surface area contributed by atoms with E-state index >= 15 is 0 Å². The number of rotatable bonds is 1. The molecule has 2 unspecified atom stereocenters. The van der Waals surface area contributed by atoms with Gasteiger partial charge in [-0.3, -0.25) is 4.79 Å². The second kappa shape index (κ2) is 5.55. The van der Waals surface area contributed by atoms with Crippen molar-refractivity contribution in [3.8, 4) is 0 Å². The Bertz CT molecular complexity index is 883. The number of hydrogen-bond donors (Lipinski definition) is 3. The molecule has 2 heterocycles. The van der Waals surface area contributed by atoms with E-state index in [1.54, 1.807) is 6.92 Å². The number of ketones is 1. The third kappa shape index (κ3) is 1.89. The van der Waals surface area contributed by atoms with Crippen molar-refractivity contribution in [2.45, 2.75) is 81.9 Å². The van der Waals surface area contributed by atoms with Crippen LogP contribution in [0.3, 0.4) is 0 Å². The molecule has 6 aliphatic rings. The predicted molar refractivity (Wildman–Crippen MR) is 103 cm³/mol. The first-order valence-electron chi connectivity index (χ1n) is 11.3. The fraction of sp³-hybridized carbons (Fsp3) is 0.826. The molecule has 6 rings (SSSR count). The lowest BCUT2D eigenvalue weighted by molar-refractivity contribution is -0.226. The maximum Gasteiger partial charge on any atom is 0.331 e. The van der Waals surface area contributed by atoms with Gasteiger partial charge in [0, 0.05) is 12.0 Å². The second-order valence-electron chi connectivity index (χ2n) is 11.0. The van der Waals surface area contributed by atoms with Crippen LogP contribution in [0, 0.1) is 28.6 Å². The third-order valence-electron chi connectivity index (χ3n) is 10.2. The van der Waals surface area contributed by atoms with Gasteiger partial charge in [-0.15, -0.1) is 0 Å². The van der Waals surface area contributed by atoms with Crippen molar-refractivity contribution in [2.24, 2.45) is 28.6 Å². The monoisotopic (exact) mass is 418 g/mol. The molecular weight excluding hydrogens is 388 g/mol. The summed E-state index contributed by atoms with van der Waals surface area (Å²) in [4.78, 5) is 25.5. The Morgan fingerprint density at radius 1 is 1.10 bits per heavy atom. The third-order valence-corrected chi connectivity index (χ3v) is 10.2. The molecule has 3 N–H and O–H groups in total. The first-order chi connectivity index (χ1) is 14.1. The highest BCUT2D eigenvalue weighted by Gasteiger charge is 2.88. The number of carbonyl (C=O) groups excluding carboxylic acids is 2. The minimum Gasteiger partial charge on any atom is -0.458 e. The maximum absolute atomic E-state index is 13.8. The summed E-state index contributed by atoms with van der Waals surface area (Å²) in [6.07, 6.45) is 3.30. The van der Waals surface area contributed by atoms with Crippen LogP contribution >= 0.6 is 0 Å². The molecule has 4 saturated carbocycles. The van der Waals surface area contributed by atoms with E-state index in [0.717, 1.165) is 12.0 Å². The second-order valence-corrected chi connectivity index (χ2v) is 11.0. The van der Waals surface area contributed by atoms with Crippen LogP contribution in [0.25, 0.3) is 0 Å². The molecule has 4 aliphatic carbocycles. The van der Waals surface area contributed by atoms with Crippen LogP contribution in [0.15, 0.2) is 11.6 Å². The van der Waals surface area contributed by atoms with Gasteiger partial charge in [0.25, 0.3) is 0 Å². The Hall–Kier alpha value is -1.28. The van der Waals surface area contributed by atoms with Crippen molar-refractivity contribution in [2.75, 3.05) is 6.61 Å². The fourth-order valence-corrected chi connectivity index (χ4v) is 8.61. The van der Waals surface area contributed by atoms with E-state index in [2.05, 4.69) is 6.92 Å². The number of carbonyl (C=O) groups is 2. The van der Waals surface area contributed by atoms with Crippen LogP contribution in [-0.2, 0) is 19.1 Å². The van der Waals surface area contributed by atoms with Crippen molar-refractivity contribution in [3.63, 3.8) is 0 Å². The van der Waals surface area contributed by atoms with Gasteiger partial charge in [0.05, 0.1) is 17.6 Å². The number of ether oxygens (including phenoxy) is 2. The summed E-state index contributed by atoms with van der Waals surface area (Å²) in [7, 11) is 0. The van der Waals surface area contributed by atoms with E-state index in [-0.39, 0.29) is 41.8 Å². The lowest BCUT2D eigenvalue weighted by Gasteiger charge is -2.62. The summed E-state index contributed by atoms with van der Waals surface area (Å²) >= 11 is 0. The van der Waals surface area contributed by atoms with Gasteiger partial charge in [-0.1, -0.05) is 6.92 Å². The highest BCUT2D eigenvalue weighted by atomic mass is 16.6. The quantitative estimate of drug-likeness (QED) is 0.428. The topological polar surface area (TPSA) is 117 Å². The number of hydrogen-bond acceptors (Lipinski definition) is 7. The molecule has 1 saturated heterocycles. The number of aliphatic hydroxyl groups excluding tert-OH is 2. The van der Waals surface area contributed by atoms with Crippen LogP contribution in [-0.4, -0.2) is 63.2 Å². The minimum absolute atomic E-state index is 0.136. The molecule has 0 amide bonds. The van der Waals surface area contributed by atoms with Crippen molar-refractivity contribution < 1.29 is 34.4 Å². The highest BCUT2D eigenvalue weighted by molar-refractivity contribution is 5.94. The Kier molecular flexibility index (Phi) is 3.59. The van der Waals surface area contributed by atoms with Gasteiger partial charge in [-0.25, -0.2) is 4.79 Å². The maximum atomic E-state index is 13.8. The van der Waals surface area contributed by atoms with Gasteiger partial charge in [0.1, 0.15) is 23.9 Å². The minimum atomic E-state index is -1.40. The molecule has 0 bridgehead atoms. The standard InChI is InChI=1S/C23H30O7/c1-20-5-3-13(24)8-12(20)9-15-23(30-15)18(20)17(26)19(27)21(2)14(4-6-22(21,23)28)11-7-16(25)29-10-11/h7,12-15,17-18,24,26,28H,3-6,8-10H2,1-2H3/t12-,13-,14+,15-,17-,18?,20-,21-,22+,23?/m0/s1. The van der Waals surface area contributed by atoms with Gasteiger partial charge in [0.15, 0.2) is 5.78 Å². The lowest BCUT2D eigenvalue weighted by Crippen LogP contribution is -2.75. The van der Waals surface area contributed by atoms with Crippen LogP contribution in [0.1, 0.15) is 52.4 Å². The van der Waals surface area contributed by atoms with E-state index in [1.165, 1.54) is 6.08 Å². The van der Waals surface area contributed by atoms with E-state index < -0.39 is 34.6 Å². The summed E-state index contributed by atoms with van der Waals surface area (Å²) in [5, 5.41) is 33.9. The number of esters is 1. The normalized spacial score (nSPS) is 58.9. The number of aliphatic hydroxyl groups is 3. The molecule has 164 valence electrons. The molecule has 0 aromatic rings. The number of Topliss-reactive ketones (excluding diaryl/α,β-unsaturated/α-hetero) is 1. The molecule has 0 aromatic heterocycles. The smallest absolute Gasteiger partial charge is 0.331 e. The first kappa shape index (κ1) is 19.4. The van der Waals surface area contributed by atoms with Crippen molar-refractivity contribution in [3.05, 3.63) is 11.6 Å². The van der Waals surface area contributed by atoms with Crippen LogP contribution in [0.4, 0.5) is 0 Å². The summed E-state index contributed by atoms with van der Waals surface area (Å²) < 4.78 is 11.4. The van der Waals surface area contributed by atoms with Gasteiger partial charge >= 0.3 is 5.97 Å². The van der Waals surface area contributed by atoms with Gasteiger partial charge in [0.2, 0.25) is 0 Å². The largest absolute Gasteiger partial charge is 0.458 e. The molecule has 2 aliphatic heterocycles. The zero-order valence-electron chi connectivity index (χ0n) is 17.5. The summed E-state index contributed by atoms with van der Waals surface area (Å²) in [6.45, 7) is 3.99. The Labute approximate surface area is 175 Å². The Morgan fingerprint density at radius 3 is 2.57 bits per heavy atom. The molecule has 0 radical (unpaired) electrons. The molecule has 30 heavy (non-hydrogen) atoms. The van der Waals surface area contributed by atoms with Gasteiger partial charge in [-0.2, -0.15) is 0 Å². The lowest BCUT2D eigenvalue weighted by atomic mass is 9.41. The van der Waals surface area contributed by atoms with Gasteiger partial charge < -0.3 is 24.8 Å². The van der Waals surface area contributed by atoms with Crippen LogP contribution in [0.5, 0.6) is 0 Å². The number of cyclic esters (lactones) is 1. The number of fused-ring (bicyclic) bond motifs is 3. The Morgan fingerprint density at radius 2 is 1.87 bits per heavy atom. The fourth-order valence-electron chi connectivity index (χ4n) is 8.61. The molecule has 10 atom stereocenters. The average Bonchev–Trinajstić information content (AvgIpc) is 3.14. The Balaban J connectivity index is 1.47.